The molecule has 0 aromatic carbocycles. The van der Waals surface area contributed by atoms with Gasteiger partial charge in [-0.05, 0) is 43.4 Å². The lowest BCUT2D eigenvalue weighted by molar-refractivity contribution is -0.119. The predicted octanol–water partition coefficient (Wildman–Crippen LogP) is 2.54. The van der Waals surface area contributed by atoms with E-state index in [1.807, 2.05) is 12.1 Å². The summed E-state index contributed by atoms with van der Waals surface area (Å²) in [5.74, 6) is 0.345. The lowest BCUT2D eigenvalue weighted by Gasteiger charge is -2.07. The number of ether oxygens (including phenoxy) is 1. The Bertz CT molecular complexity index is 344. The smallest absolute Gasteiger partial charge is 0.133 e. The third-order valence-corrected chi connectivity index (χ3v) is 3.21. The highest BCUT2D eigenvalue weighted by Crippen LogP contribution is 2.17. The van der Waals surface area contributed by atoms with E-state index in [4.69, 9.17) is 4.74 Å². The van der Waals surface area contributed by atoms with Gasteiger partial charge in [-0.25, -0.2) is 0 Å². The topological polar surface area (TPSA) is 39.2 Å². The summed E-state index contributed by atoms with van der Waals surface area (Å²) < 4.78 is 5.51. The first-order valence-electron chi connectivity index (χ1n) is 6.37. The molecule has 1 aromatic heterocycles. The molecule has 1 unspecified atom stereocenters. The van der Waals surface area contributed by atoms with Crippen LogP contribution >= 0.6 is 0 Å². The van der Waals surface area contributed by atoms with Gasteiger partial charge in [-0.15, -0.1) is 0 Å². The third-order valence-electron chi connectivity index (χ3n) is 3.21. The van der Waals surface area contributed by atoms with Crippen molar-refractivity contribution in [2.75, 3.05) is 6.61 Å². The van der Waals surface area contributed by atoms with Gasteiger partial charge in [0.2, 0.25) is 0 Å². The van der Waals surface area contributed by atoms with Crippen LogP contribution in [0, 0.1) is 0 Å². The van der Waals surface area contributed by atoms with E-state index in [0.29, 0.717) is 24.7 Å². The van der Waals surface area contributed by atoms with E-state index in [1.54, 1.807) is 12.4 Å². The van der Waals surface area contributed by atoms with Crippen molar-refractivity contribution in [3.8, 4) is 0 Å². The zero-order chi connectivity index (χ0) is 11.9. The molecular formula is C14H19NO2. The molecular weight excluding hydrogens is 214 g/mol. The van der Waals surface area contributed by atoms with Crippen molar-refractivity contribution in [1.82, 2.24) is 4.98 Å². The average Bonchev–Trinajstić information content (AvgIpc) is 2.88. The van der Waals surface area contributed by atoms with Gasteiger partial charge in [-0.3, -0.25) is 9.78 Å². The maximum absolute atomic E-state index is 11.7. The van der Waals surface area contributed by atoms with Crippen LogP contribution in [0.1, 0.15) is 37.7 Å². The van der Waals surface area contributed by atoms with Gasteiger partial charge in [0.05, 0.1) is 6.10 Å². The van der Waals surface area contributed by atoms with E-state index in [-0.39, 0.29) is 0 Å². The highest BCUT2D eigenvalue weighted by molar-refractivity contribution is 5.78. The van der Waals surface area contributed by atoms with Crippen LogP contribution < -0.4 is 0 Å². The van der Waals surface area contributed by atoms with Crippen molar-refractivity contribution >= 4 is 5.78 Å². The van der Waals surface area contributed by atoms with E-state index in [2.05, 4.69) is 4.98 Å². The summed E-state index contributed by atoms with van der Waals surface area (Å²) in [5, 5.41) is 0. The number of carbonyl (C=O) groups excluding carboxylic acids is 1. The van der Waals surface area contributed by atoms with Crippen LogP contribution in [0.15, 0.2) is 24.5 Å². The molecule has 0 amide bonds. The molecule has 0 spiro atoms. The monoisotopic (exact) mass is 233 g/mol. The Labute approximate surface area is 102 Å². The summed E-state index contributed by atoms with van der Waals surface area (Å²) in [6.07, 6.45) is 9.17. The lowest BCUT2D eigenvalue weighted by atomic mass is 10.0. The van der Waals surface area contributed by atoms with Crippen LogP contribution in [0.2, 0.25) is 0 Å². The number of ketones is 1. The van der Waals surface area contributed by atoms with Gasteiger partial charge in [0.25, 0.3) is 0 Å². The molecule has 1 aromatic rings. The Hall–Kier alpha value is -1.22. The number of rotatable bonds is 6. The van der Waals surface area contributed by atoms with E-state index >= 15 is 0 Å². The van der Waals surface area contributed by atoms with Crippen molar-refractivity contribution in [3.63, 3.8) is 0 Å². The van der Waals surface area contributed by atoms with Crippen LogP contribution in [0.5, 0.6) is 0 Å². The number of hydrogen-bond acceptors (Lipinski definition) is 3. The summed E-state index contributed by atoms with van der Waals surface area (Å²) in [7, 11) is 0. The van der Waals surface area contributed by atoms with Gasteiger partial charge in [0.1, 0.15) is 5.78 Å². The quantitative estimate of drug-likeness (QED) is 0.758. The van der Waals surface area contributed by atoms with Crippen molar-refractivity contribution < 1.29 is 9.53 Å². The summed E-state index contributed by atoms with van der Waals surface area (Å²) in [5.41, 5.74) is 1.19. The highest BCUT2D eigenvalue weighted by Gasteiger charge is 2.16. The van der Waals surface area contributed by atoms with Crippen molar-refractivity contribution in [1.29, 1.82) is 0 Å². The van der Waals surface area contributed by atoms with Gasteiger partial charge in [0, 0.05) is 31.8 Å². The minimum atomic E-state index is 0.333. The second kappa shape index (κ2) is 6.50. The molecule has 0 N–H and O–H groups in total. The predicted molar refractivity (Wildman–Crippen MR) is 65.8 cm³/mol. The number of aromatic nitrogens is 1. The molecule has 0 bridgehead atoms. The fourth-order valence-electron chi connectivity index (χ4n) is 2.15. The van der Waals surface area contributed by atoms with E-state index in [0.717, 1.165) is 32.3 Å². The summed E-state index contributed by atoms with van der Waals surface area (Å²) in [6, 6.07) is 3.93. The van der Waals surface area contributed by atoms with Crippen LogP contribution in [-0.4, -0.2) is 23.5 Å². The fourth-order valence-corrected chi connectivity index (χ4v) is 2.15. The second-order valence-electron chi connectivity index (χ2n) is 4.57. The molecule has 0 radical (unpaired) electrons. The molecule has 1 atom stereocenters. The van der Waals surface area contributed by atoms with E-state index < -0.39 is 0 Å². The molecule has 17 heavy (non-hydrogen) atoms. The Kier molecular flexibility index (Phi) is 4.68. The third kappa shape index (κ3) is 4.27. The molecule has 2 heterocycles. The first-order chi connectivity index (χ1) is 8.34. The maximum Gasteiger partial charge on any atom is 0.133 e. The minimum Gasteiger partial charge on any atom is -0.378 e. The number of aryl methyl sites for hydroxylation is 1. The lowest BCUT2D eigenvalue weighted by Crippen LogP contribution is -2.09. The molecule has 1 fully saturated rings. The molecule has 1 aliphatic heterocycles. The van der Waals surface area contributed by atoms with Gasteiger partial charge < -0.3 is 4.74 Å². The van der Waals surface area contributed by atoms with Crippen LogP contribution in [-0.2, 0) is 16.0 Å². The Morgan fingerprint density at radius 1 is 1.35 bits per heavy atom. The van der Waals surface area contributed by atoms with Crippen LogP contribution in [0.4, 0.5) is 0 Å². The standard InChI is InChI=1S/C14H19NO2/c16-13(5-6-14-2-1-11-17-14)4-3-12-7-9-15-10-8-12/h7-10,14H,1-6,11H2. The fraction of sp³-hybridized carbons (Fsp3) is 0.571. The first kappa shape index (κ1) is 12.2. The van der Waals surface area contributed by atoms with Crippen molar-refractivity contribution in [3.05, 3.63) is 30.1 Å². The Balaban J connectivity index is 1.64. The number of nitrogens with zero attached hydrogens (tertiary/aromatic N) is 1. The zero-order valence-electron chi connectivity index (χ0n) is 10.1. The number of pyridine rings is 1. The van der Waals surface area contributed by atoms with Crippen LogP contribution in [0.25, 0.3) is 0 Å². The molecule has 1 aliphatic rings. The Morgan fingerprint density at radius 3 is 2.88 bits per heavy atom. The summed E-state index contributed by atoms with van der Waals surface area (Å²) in [6.45, 7) is 0.871. The highest BCUT2D eigenvalue weighted by atomic mass is 16.5. The minimum absolute atomic E-state index is 0.333. The van der Waals surface area contributed by atoms with Gasteiger partial charge in [-0.2, -0.15) is 0 Å². The van der Waals surface area contributed by atoms with E-state index in [9.17, 15) is 4.79 Å². The summed E-state index contributed by atoms with van der Waals surface area (Å²) in [4.78, 5) is 15.7. The molecule has 3 nitrogen and oxygen atoms in total. The number of Topliss-reactive ketones (excluding diaryl/α,β-unsaturated/α-hetero) is 1. The molecule has 92 valence electrons. The molecule has 0 saturated carbocycles. The number of carbonyl (C=O) groups is 1. The van der Waals surface area contributed by atoms with E-state index in [1.165, 1.54) is 5.56 Å². The average molecular weight is 233 g/mol. The second-order valence-corrected chi connectivity index (χ2v) is 4.57. The normalized spacial score (nSPS) is 19.4. The van der Waals surface area contributed by atoms with Gasteiger partial charge in [-0.1, -0.05) is 0 Å². The van der Waals surface area contributed by atoms with Crippen molar-refractivity contribution in [2.45, 2.75) is 44.6 Å². The first-order valence-corrected chi connectivity index (χ1v) is 6.37. The van der Waals surface area contributed by atoms with Gasteiger partial charge in [0.15, 0.2) is 0 Å². The molecule has 2 rings (SSSR count). The maximum atomic E-state index is 11.7. The largest absolute Gasteiger partial charge is 0.378 e. The zero-order valence-corrected chi connectivity index (χ0v) is 10.1. The van der Waals surface area contributed by atoms with Crippen molar-refractivity contribution in [2.24, 2.45) is 0 Å². The van der Waals surface area contributed by atoms with Crippen LogP contribution in [0.3, 0.4) is 0 Å². The number of hydrogen-bond donors (Lipinski definition) is 0. The molecule has 1 saturated heterocycles. The molecule has 0 aliphatic carbocycles. The Morgan fingerprint density at radius 2 is 2.18 bits per heavy atom. The molecule has 3 heteroatoms. The SMILES string of the molecule is O=C(CCc1ccncc1)CCC1CCCO1. The van der Waals surface area contributed by atoms with Gasteiger partial charge >= 0.3 is 0 Å². The summed E-state index contributed by atoms with van der Waals surface area (Å²) >= 11 is 0.